The minimum atomic E-state index is -0.467. The van der Waals surface area contributed by atoms with E-state index in [4.69, 9.17) is 11.6 Å². The fourth-order valence-corrected chi connectivity index (χ4v) is 1.81. The van der Waals surface area contributed by atoms with Crippen molar-refractivity contribution in [3.05, 3.63) is 41.7 Å². The number of hydrogen-bond donors (Lipinski definition) is 2. The van der Waals surface area contributed by atoms with E-state index in [1.54, 1.807) is 0 Å². The van der Waals surface area contributed by atoms with Gasteiger partial charge in [0.1, 0.15) is 5.82 Å². The van der Waals surface area contributed by atoms with Crippen molar-refractivity contribution < 1.29 is 5.11 Å². The van der Waals surface area contributed by atoms with Crippen LogP contribution in [0.3, 0.4) is 0 Å². The molecular formula is C14H16ClN3O. The molecule has 0 aliphatic carbocycles. The van der Waals surface area contributed by atoms with E-state index >= 15 is 0 Å². The van der Waals surface area contributed by atoms with Gasteiger partial charge >= 0.3 is 0 Å². The van der Waals surface area contributed by atoms with Gasteiger partial charge in [-0.15, -0.1) is 0 Å². The van der Waals surface area contributed by atoms with Gasteiger partial charge in [0, 0.05) is 11.6 Å². The van der Waals surface area contributed by atoms with E-state index in [-0.39, 0.29) is 11.9 Å². The van der Waals surface area contributed by atoms with Crippen LogP contribution in [0.5, 0.6) is 0 Å². The van der Waals surface area contributed by atoms with Crippen LogP contribution in [0.1, 0.15) is 13.8 Å². The molecule has 2 aromatic rings. The van der Waals surface area contributed by atoms with Crippen molar-refractivity contribution >= 4 is 17.4 Å². The van der Waals surface area contributed by atoms with Crippen molar-refractivity contribution in [2.45, 2.75) is 19.4 Å². The third-order valence-electron chi connectivity index (χ3n) is 2.63. The molecule has 2 N–H and O–H groups in total. The van der Waals surface area contributed by atoms with Crippen molar-refractivity contribution in [2.75, 3.05) is 11.9 Å². The van der Waals surface area contributed by atoms with Gasteiger partial charge in [-0.25, -0.2) is 9.97 Å². The van der Waals surface area contributed by atoms with E-state index in [0.29, 0.717) is 5.82 Å². The highest BCUT2D eigenvalue weighted by atomic mass is 35.5. The van der Waals surface area contributed by atoms with Gasteiger partial charge in [-0.1, -0.05) is 30.3 Å². The summed E-state index contributed by atoms with van der Waals surface area (Å²) >= 11 is 5.95. The van der Waals surface area contributed by atoms with Crippen LogP contribution in [0.2, 0.25) is 5.28 Å². The first-order chi connectivity index (χ1) is 9.00. The Morgan fingerprint density at radius 3 is 2.53 bits per heavy atom. The highest BCUT2D eigenvalue weighted by molar-refractivity contribution is 6.28. The normalized spacial score (nSPS) is 11.4. The first-order valence-corrected chi connectivity index (χ1v) is 6.37. The van der Waals surface area contributed by atoms with Gasteiger partial charge in [-0.2, -0.15) is 0 Å². The molecule has 0 fully saturated rings. The Balaban J connectivity index is 2.35. The zero-order valence-corrected chi connectivity index (χ0v) is 11.6. The van der Waals surface area contributed by atoms with Gasteiger partial charge in [-0.3, -0.25) is 0 Å². The Kier molecular flexibility index (Phi) is 4.02. The second-order valence-electron chi connectivity index (χ2n) is 4.94. The summed E-state index contributed by atoms with van der Waals surface area (Å²) in [6.07, 6.45) is 0. The molecule has 0 amide bonds. The summed E-state index contributed by atoms with van der Waals surface area (Å²) in [5, 5.41) is 12.6. The van der Waals surface area contributed by atoms with Crippen molar-refractivity contribution in [3.63, 3.8) is 0 Å². The molecule has 0 aliphatic rings. The predicted molar refractivity (Wildman–Crippen MR) is 77.3 cm³/mol. The number of nitrogens with one attached hydrogen (secondary N) is 1. The molecule has 0 radical (unpaired) electrons. The summed E-state index contributed by atoms with van der Waals surface area (Å²) in [7, 11) is 0. The molecule has 19 heavy (non-hydrogen) atoms. The maximum absolute atomic E-state index is 9.27. The van der Waals surface area contributed by atoms with Crippen molar-refractivity contribution in [1.82, 2.24) is 9.97 Å². The smallest absolute Gasteiger partial charge is 0.224 e. The number of aromatic nitrogens is 2. The molecule has 1 aromatic carbocycles. The molecule has 2 rings (SSSR count). The fraction of sp³-hybridized carbons (Fsp3) is 0.286. The zero-order chi connectivity index (χ0) is 13.9. The van der Waals surface area contributed by atoms with Crippen LogP contribution in [0.25, 0.3) is 11.3 Å². The molecule has 0 atom stereocenters. The molecule has 0 aliphatic heterocycles. The van der Waals surface area contributed by atoms with Gasteiger partial charge in [0.05, 0.1) is 17.8 Å². The summed E-state index contributed by atoms with van der Waals surface area (Å²) in [5.41, 5.74) is 1.25. The summed E-state index contributed by atoms with van der Waals surface area (Å²) in [6, 6.07) is 11.6. The van der Waals surface area contributed by atoms with Crippen LogP contribution >= 0.6 is 11.6 Å². The summed E-state index contributed by atoms with van der Waals surface area (Å²) < 4.78 is 0. The van der Waals surface area contributed by atoms with E-state index in [1.165, 1.54) is 0 Å². The molecule has 1 aromatic heterocycles. The lowest BCUT2D eigenvalue weighted by Gasteiger charge is -2.24. The van der Waals surface area contributed by atoms with Crippen LogP contribution in [-0.2, 0) is 0 Å². The number of nitrogens with zero attached hydrogens (tertiary/aromatic N) is 2. The monoisotopic (exact) mass is 277 g/mol. The third kappa shape index (κ3) is 3.66. The van der Waals surface area contributed by atoms with Crippen LogP contribution < -0.4 is 5.32 Å². The molecule has 1 heterocycles. The van der Waals surface area contributed by atoms with Gasteiger partial charge in [0.15, 0.2) is 0 Å². The number of rotatable bonds is 4. The second kappa shape index (κ2) is 5.55. The lowest BCUT2D eigenvalue weighted by molar-refractivity contribution is 0.234. The lowest BCUT2D eigenvalue weighted by atomic mass is 10.1. The van der Waals surface area contributed by atoms with Crippen LogP contribution in [0, 0.1) is 0 Å². The van der Waals surface area contributed by atoms with E-state index in [0.717, 1.165) is 11.3 Å². The minimum absolute atomic E-state index is 0.00467. The summed E-state index contributed by atoms with van der Waals surface area (Å²) in [4.78, 5) is 8.34. The van der Waals surface area contributed by atoms with Gasteiger partial charge in [0.25, 0.3) is 0 Å². The molecule has 0 saturated carbocycles. The average Bonchev–Trinajstić information content (AvgIpc) is 2.38. The van der Waals surface area contributed by atoms with Crippen molar-refractivity contribution in [3.8, 4) is 11.3 Å². The average molecular weight is 278 g/mol. The van der Waals surface area contributed by atoms with Crippen LogP contribution in [-0.4, -0.2) is 27.2 Å². The van der Waals surface area contributed by atoms with Gasteiger partial charge in [0.2, 0.25) is 5.28 Å². The number of aliphatic hydroxyl groups excluding tert-OH is 1. The molecule has 5 heteroatoms. The van der Waals surface area contributed by atoms with Crippen molar-refractivity contribution in [1.29, 1.82) is 0 Å². The standard InChI is InChI=1S/C14H16ClN3O/c1-14(2,9-19)18-12-8-11(16-13(15)17-12)10-6-4-3-5-7-10/h3-8,19H,9H2,1-2H3,(H,16,17,18). The molecule has 4 nitrogen and oxygen atoms in total. The first-order valence-electron chi connectivity index (χ1n) is 5.99. The Labute approximate surface area is 117 Å². The topological polar surface area (TPSA) is 58.0 Å². The maximum atomic E-state index is 9.27. The molecule has 0 unspecified atom stereocenters. The van der Waals surface area contributed by atoms with Gasteiger partial charge in [-0.05, 0) is 25.4 Å². The largest absolute Gasteiger partial charge is 0.394 e. The number of anilines is 1. The Bertz CT molecular complexity index is 558. The van der Waals surface area contributed by atoms with E-state index in [9.17, 15) is 5.11 Å². The van der Waals surface area contributed by atoms with E-state index in [1.807, 2.05) is 50.2 Å². The van der Waals surface area contributed by atoms with Crippen LogP contribution in [0.15, 0.2) is 36.4 Å². The summed E-state index contributed by atoms with van der Waals surface area (Å²) in [6.45, 7) is 3.76. The molecular weight excluding hydrogens is 262 g/mol. The number of benzene rings is 1. The molecule has 0 saturated heterocycles. The Hall–Kier alpha value is -1.65. The number of halogens is 1. The van der Waals surface area contributed by atoms with E-state index in [2.05, 4.69) is 15.3 Å². The fourth-order valence-electron chi connectivity index (χ4n) is 1.62. The first kappa shape index (κ1) is 13.8. The van der Waals surface area contributed by atoms with Gasteiger partial charge < -0.3 is 10.4 Å². The molecule has 100 valence electrons. The Morgan fingerprint density at radius 2 is 1.89 bits per heavy atom. The quantitative estimate of drug-likeness (QED) is 0.844. The van der Waals surface area contributed by atoms with Crippen LogP contribution in [0.4, 0.5) is 5.82 Å². The maximum Gasteiger partial charge on any atom is 0.224 e. The third-order valence-corrected chi connectivity index (χ3v) is 2.80. The zero-order valence-electron chi connectivity index (χ0n) is 10.9. The van der Waals surface area contributed by atoms with Crippen molar-refractivity contribution in [2.24, 2.45) is 0 Å². The number of hydrogen-bond acceptors (Lipinski definition) is 4. The summed E-state index contributed by atoms with van der Waals surface area (Å²) in [5.74, 6) is 0.595. The Morgan fingerprint density at radius 1 is 1.21 bits per heavy atom. The predicted octanol–water partition coefficient (Wildman–Crippen LogP) is 2.98. The molecule has 0 spiro atoms. The highest BCUT2D eigenvalue weighted by Crippen LogP contribution is 2.22. The number of aliphatic hydroxyl groups is 1. The molecule has 0 bridgehead atoms. The lowest BCUT2D eigenvalue weighted by Crippen LogP contribution is -2.35. The minimum Gasteiger partial charge on any atom is -0.394 e. The van der Waals surface area contributed by atoms with E-state index < -0.39 is 5.54 Å². The highest BCUT2D eigenvalue weighted by Gasteiger charge is 2.17. The SMILES string of the molecule is CC(C)(CO)Nc1cc(-c2ccccc2)nc(Cl)n1. The second-order valence-corrected chi connectivity index (χ2v) is 5.28.